The molecule has 8 aliphatic heterocycles. The molecule has 0 aromatic rings. The van der Waals surface area contributed by atoms with Gasteiger partial charge in [0.1, 0.15) is 0 Å². The smallest absolute Gasteiger partial charge is 0.225 e. The molecule has 0 aliphatic carbocycles. The maximum atomic E-state index is 11.4. The van der Waals surface area contributed by atoms with Gasteiger partial charge in [-0.1, -0.05) is 69.2 Å². The minimum atomic E-state index is 0.146. The lowest BCUT2D eigenvalue weighted by Gasteiger charge is -2.38. The monoisotopic (exact) mass is 1050 g/mol. The number of hydrogen-bond donors (Lipinski definition) is 5. The van der Waals surface area contributed by atoms with Gasteiger partial charge in [-0.25, -0.2) is 0 Å². The van der Waals surface area contributed by atoms with Crippen molar-refractivity contribution in [3.63, 3.8) is 0 Å². The second-order valence-corrected chi connectivity index (χ2v) is 25.8. The first-order valence-corrected chi connectivity index (χ1v) is 31.0. The molecule has 8 fully saturated rings. The van der Waals surface area contributed by atoms with Gasteiger partial charge in [-0.2, -0.15) is 0 Å². The van der Waals surface area contributed by atoms with E-state index in [1.54, 1.807) is 0 Å². The summed E-state index contributed by atoms with van der Waals surface area (Å²) in [5, 5.41) is 16.5. The average Bonchev–Trinajstić information content (AvgIpc) is 3.34. The third kappa shape index (κ3) is 34.1. The summed E-state index contributed by atoms with van der Waals surface area (Å²) in [6.07, 6.45) is 8.86. The zero-order valence-electron chi connectivity index (χ0n) is 52.8. The SMILES string of the molecule is CC(C)C(=O)N1CCNCC1.CC(C)C1CCN(C)CC1.CC(C)C1CCNCC1.CC(C)C1CN(C)C1.CC(C)C1CNC1.CC(C)N1CCN(C)CC1.CC(C)N1CCNCC1.CC(C)OC1CCNCC1. The van der Waals surface area contributed by atoms with Crippen molar-refractivity contribution in [2.45, 2.75) is 174 Å². The Morgan fingerprint density at radius 3 is 1.08 bits per heavy atom. The molecule has 8 rings (SSSR count). The number of piperazine rings is 3. The van der Waals surface area contributed by atoms with Crippen molar-refractivity contribution >= 4 is 5.91 Å². The number of nitrogens with zero attached hydrogens (tertiary/aromatic N) is 6. The van der Waals surface area contributed by atoms with Gasteiger partial charge in [-0.05, 0) is 201 Å². The van der Waals surface area contributed by atoms with Crippen molar-refractivity contribution in [1.82, 2.24) is 56.0 Å². The standard InChI is InChI=1S/C9H19N.C8H16N2O.C8H18N2.C8H17NO.C8H17N.C7H16N2.C7H15N.C6H13N/c1-8(2)9-4-6-10(3)7-5-9;1-7(2)8(11)10-5-3-9-4-6-10;1-8(2)10-6-4-9(3)5-7-10;1-7(2)10-8-3-5-9-6-4-8;1-7(2)8-3-5-9-6-4-8;1-7(2)9-5-3-8-4-6-9;1-6(2)7-4-8(3)5-7;1-5(2)6-3-7-4-6/h8-9H,4-7H2,1-3H3;7,9H,3-6H2,1-2H3;8H,4-7H2,1-3H3;7-9H,3-6H2,1-2H3;7-9H,3-6H2,1-2H3;7-8H,3-6H2,1-2H3;6-7H,4-5H2,1-3H3;5-7H,3-4H2,1-2H3. The third-order valence-electron chi connectivity index (χ3n) is 16.6. The molecule has 0 bridgehead atoms. The molecule has 0 spiro atoms. The Labute approximate surface area is 461 Å². The molecule has 5 N–H and O–H groups in total. The van der Waals surface area contributed by atoms with Crippen LogP contribution in [0.1, 0.15) is 149 Å². The van der Waals surface area contributed by atoms with Gasteiger partial charge in [0, 0.05) is 110 Å². The van der Waals surface area contributed by atoms with Crippen LogP contribution in [-0.4, -0.2) is 225 Å². The van der Waals surface area contributed by atoms with E-state index in [4.69, 9.17) is 4.74 Å². The highest BCUT2D eigenvalue weighted by Crippen LogP contribution is 2.24. The highest BCUT2D eigenvalue weighted by molar-refractivity contribution is 5.78. The number of carbonyl (C=O) groups is 1. The molecule has 0 unspecified atom stereocenters. The predicted molar refractivity (Wildman–Crippen MR) is 323 cm³/mol. The van der Waals surface area contributed by atoms with Gasteiger partial charge in [0.2, 0.25) is 5.91 Å². The lowest BCUT2D eigenvalue weighted by molar-refractivity contribution is -0.135. The average molecular weight is 1050 g/mol. The molecule has 442 valence electrons. The minimum Gasteiger partial charge on any atom is -0.375 e. The van der Waals surface area contributed by atoms with Crippen LogP contribution in [0.3, 0.4) is 0 Å². The van der Waals surface area contributed by atoms with Gasteiger partial charge >= 0.3 is 0 Å². The number of amides is 1. The maximum absolute atomic E-state index is 11.4. The van der Waals surface area contributed by atoms with Crippen LogP contribution in [0, 0.1) is 53.3 Å². The van der Waals surface area contributed by atoms with Crippen LogP contribution in [0.15, 0.2) is 0 Å². The summed E-state index contributed by atoms with van der Waals surface area (Å²) < 4.78 is 5.65. The number of piperidine rings is 3. The van der Waals surface area contributed by atoms with Crippen LogP contribution >= 0.6 is 0 Å². The van der Waals surface area contributed by atoms with E-state index in [0.717, 1.165) is 112 Å². The Balaban J connectivity index is 0.000000424. The van der Waals surface area contributed by atoms with Crippen molar-refractivity contribution in [3.05, 3.63) is 0 Å². The summed E-state index contributed by atoms with van der Waals surface area (Å²) in [4.78, 5) is 25.5. The van der Waals surface area contributed by atoms with Crippen molar-refractivity contribution in [3.8, 4) is 0 Å². The number of likely N-dealkylation sites (tertiary alicyclic amines) is 2. The number of hydrogen-bond acceptors (Lipinski definition) is 12. The molecular formula is C61H131N11O2. The number of nitrogens with one attached hydrogen (secondary N) is 5. The third-order valence-corrected chi connectivity index (χ3v) is 16.6. The van der Waals surface area contributed by atoms with E-state index in [-0.39, 0.29) is 11.8 Å². The maximum Gasteiger partial charge on any atom is 0.225 e. The Morgan fingerprint density at radius 2 is 0.770 bits per heavy atom. The molecule has 0 atom stereocenters. The Morgan fingerprint density at radius 1 is 0.392 bits per heavy atom. The topological polar surface area (TPSA) is 106 Å². The molecule has 8 aliphatic rings. The molecule has 8 heterocycles. The molecule has 13 nitrogen and oxygen atoms in total. The first-order valence-electron chi connectivity index (χ1n) is 31.0. The van der Waals surface area contributed by atoms with Crippen LogP contribution in [0.5, 0.6) is 0 Å². The predicted octanol–water partition coefficient (Wildman–Crippen LogP) is 7.87. The Bertz CT molecular complexity index is 1220. The van der Waals surface area contributed by atoms with Crippen molar-refractivity contribution in [2.75, 3.05) is 165 Å². The number of likely N-dealkylation sites (N-methyl/N-ethyl adjacent to an activating group) is 1. The van der Waals surface area contributed by atoms with Crippen molar-refractivity contribution in [2.24, 2.45) is 53.3 Å². The van der Waals surface area contributed by atoms with Gasteiger partial charge < -0.3 is 50.9 Å². The Hall–Kier alpha value is -0.970. The quantitative estimate of drug-likeness (QED) is 0.155. The summed E-state index contributed by atoms with van der Waals surface area (Å²) in [5.74, 6) is 7.95. The molecule has 74 heavy (non-hydrogen) atoms. The molecule has 0 radical (unpaired) electrons. The lowest BCUT2D eigenvalue weighted by Crippen LogP contribution is -2.47. The molecule has 0 saturated carbocycles. The van der Waals surface area contributed by atoms with Gasteiger partial charge in [-0.3, -0.25) is 14.6 Å². The summed E-state index contributed by atoms with van der Waals surface area (Å²) >= 11 is 0. The van der Waals surface area contributed by atoms with E-state index < -0.39 is 0 Å². The van der Waals surface area contributed by atoms with E-state index >= 15 is 0 Å². The van der Waals surface area contributed by atoms with E-state index in [9.17, 15) is 4.79 Å². The van der Waals surface area contributed by atoms with Crippen LogP contribution in [0.2, 0.25) is 0 Å². The highest BCUT2D eigenvalue weighted by Gasteiger charge is 2.26. The zero-order valence-corrected chi connectivity index (χ0v) is 52.8. The van der Waals surface area contributed by atoms with Crippen LogP contribution < -0.4 is 26.6 Å². The van der Waals surface area contributed by atoms with Crippen LogP contribution in [0.4, 0.5) is 0 Å². The molecule has 8 saturated heterocycles. The number of carbonyl (C=O) groups excluding carboxylic acids is 1. The van der Waals surface area contributed by atoms with Crippen LogP contribution in [0.25, 0.3) is 0 Å². The minimum absolute atomic E-state index is 0.146. The summed E-state index contributed by atoms with van der Waals surface area (Å²) in [5.41, 5.74) is 0. The van der Waals surface area contributed by atoms with Gasteiger partial charge in [0.15, 0.2) is 0 Å². The van der Waals surface area contributed by atoms with Gasteiger partial charge in [0.05, 0.1) is 12.2 Å². The normalized spacial score (nSPS) is 22.6. The second-order valence-electron chi connectivity index (χ2n) is 25.8. The van der Waals surface area contributed by atoms with Gasteiger partial charge in [0.25, 0.3) is 0 Å². The van der Waals surface area contributed by atoms with E-state index in [0.29, 0.717) is 12.2 Å². The molecular weight excluding hydrogens is 919 g/mol. The summed E-state index contributed by atoms with van der Waals surface area (Å²) in [6, 6.07) is 1.46. The van der Waals surface area contributed by atoms with Crippen molar-refractivity contribution < 1.29 is 9.53 Å². The summed E-state index contributed by atoms with van der Waals surface area (Å²) in [6.45, 7) is 61.5. The number of ether oxygens (including phenoxy) is 1. The lowest BCUT2D eigenvalue weighted by atomic mass is 9.87. The highest BCUT2D eigenvalue weighted by atomic mass is 16.5. The second kappa shape index (κ2) is 42.0. The Kier molecular flexibility index (Phi) is 40.3. The first-order chi connectivity index (χ1) is 35.0. The van der Waals surface area contributed by atoms with Gasteiger partial charge in [-0.15, -0.1) is 0 Å². The van der Waals surface area contributed by atoms with E-state index in [1.165, 1.54) is 130 Å². The van der Waals surface area contributed by atoms with E-state index in [1.807, 2.05) is 18.7 Å². The van der Waals surface area contributed by atoms with E-state index in [2.05, 4.69) is 169 Å². The molecule has 13 heteroatoms. The zero-order chi connectivity index (χ0) is 55.6. The summed E-state index contributed by atoms with van der Waals surface area (Å²) in [7, 11) is 6.59. The fourth-order valence-electron chi connectivity index (χ4n) is 10.3. The van der Waals surface area contributed by atoms with Crippen LogP contribution in [-0.2, 0) is 9.53 Å². The fraction of sp³-hybridized carbons (Fsp3) is 0.984. The molecule has 1 amide bonds. The molecule has 0 aromatic carbocycles. The van der Waals surface area contributed by atoms with Crippen molar-refractivity contribution in [1.29, 1.82) is 0 Å². The fourth-order valence-corrected chi connectivity index (χ4v) is 10.3. The molecule has 0 aromatic heterocycles. The largest absolute Gasteiger partial charge is 0.375 e. The first kappa shape index (κ1) is 71.0. The number of rotatable bonds is 9.